The van der Waals surface area contributed by atoms with Crippen LogP contribution in [0.4, 0.5) is 17.1 Å². The Kier molecular flexibility index (Phi) is 6.60. The lowest BCUT2D eigenvalue weighted by Gasteiger charge is -2.26. The monoisotopic (exact) mass is 717 g/mol. The first-order chi connectivity index (χ1) is 27.7. The van der Waals surface area contributed by atoms with E-state index in [1.807, 2.05) is 12.1 Å². The van der Waals surface area contributed by atoms with E-state index >= 15 is 0 Å². The summed E-state index contributed by atoms with van der Waals surface area (Å²) in [5.74, 6) is 0. The van der Waals surface area contributed by atoms with E-state index in [4.69, 9.17) is 13.3 Å². The van der Waals surface area contributed by atoms with Gasteiger partial charge in [0.25, 0.3) is 0 Å². The maximum absolute atomic E-state index is 6.69. The minimum absolute atomic E-state index is 0.834. The highest BCUT2D eigenvalue weighted by atomic mass is 16.3. The summed E-state index contributed by atoms with van der Waals surface area (Å²) in [6, 6.07) is 66.0. The Labute approximate surface area is 321 Å². The van der Waals surface area contributed by atoms with E-state index in [2.05, 4.69) is 181 Å². The average Bonchev–Trinajstić information content (AvgIpc) is 3.95. The number of para-hydroxylation sites is 4. The largest absolute Gasteiger partial charge is 0.456 e. The van der Waals surface area contributed by atoms with E-state index in [0.29, 0.717) is 0 Å². The molecule has 12 aromatic rings. The van der Waals surface area contributed by atoms with Crippen LogP contribution < -0.4 is 4.90 Å². The number of rotatable bonds is 5. The van der Waals surface area contributed by atoms with Gasteiger partial charge >= 0.3 is 0 Å². The number of anilines is 3. The maximum Gasteiger partial charge on any atom is 0.143 e. The topological polar surface area (TPSA) is 42.7 Å². The lowest BCUT2D eigenvalue weighted by molar-refractivity contribution is 0.667. The first-order valence-corrected chi connectivity index (χ1v) is 18.9. The Hall–Kier alpha value is -7.56. The van der Waals surface area contributed by atoms with Crippen molar-refractivity contribution in [2.75, 3.05) is 4.90 Å². The Morgan fingerprint density at radius 1 is 0.304 bits per heavy atom. The lowest BCUT2D eigenvalue weighted by Crippen LogP contribution is -2.10. The molecule has 0 atom stereocenters. The summed E-state index contributed by atoms with van der Waals surface area (Å²) in [7, 11) is 0. The average molecular weight is 718 g/mol. The zero-order valence-corrected chi connectivity index (χ0v) is 30.1. The minimum atomic E-state index is 0.834. The Morgan fingerprint density at radius 2 is 0.875 bits per heavy atom. The Balaban J connectivity index is 0.967. The molecule has 0 N–H and O–H groups in total. The standard InChI is InChI=1S/C52H31NO3/c1-2-13-35(14-3-1)53(46-21-8-12-32-11-4-5-15-37(32)46)36-25-28-49-45(31-36)43-20-10-18-39(52(43)56-49)34-23-26-41-44-29-33(24-27-48(44)54-50(41)30-34)38-17-9-19-42-40-16-6-7-22-47(40)55-51(38)42/h1-31H. The van der Waals surface area contributed by atoms with Crippen molar-refractivity contribution in [3.05, 3.63) is 188 Å². The van der Waals surface area contributed by atoms with Crippen molar-refractivity contribution < 1.29 is 13.3 Å². The number of fused-ring (bicyclic) bond motifs is 10. The zero-order valence-electron chi connectivity index (χ0n) is 30.1. The molecule has 0 radical (unpaired) electrons. The molecule has 262 valence electrons. The van der Waals surface area contributed by atoms with Crippen molar-refractivity contribution in [3.63, 3.8) is 0 Å². The van der Waals surface area contributed by atoms with Crippen LogP contribution in [-0.4, -0.2) is 0 Å². The van der Waals surface area contributed by atoms with Crippen molar-refractivity contribution >= 4 is 93.7 Å². The van der Waals surface area contributed by atoms with Gasteiger partial charge < -0.3 is 18.2 Å². The van der Waals surface area contributed by atoms with Gasteiger partial charge in [-0.1, -0.05) is 121 Å². The number of benzene rings is 9. The third-order valence-corrected chi connectivity index (χ3v) is 11.3. The first-order valence-electron chi connectivity index (χ1n) is 18.9. The predicted octanol–water partition coefficient (Wildman–Crippen LogP) is 15.3. The molecule has 0 bridgehead atoms. The lowest BCUT2D eigenvalue weighted by atomic mass is 9.99. The first kappa shape index (κ1) is 30.9. The van der Waals surface area contributed by atoms with Crippen LogP contribution in [0.2, 0.25) is 0 Å². The van der Waals surface area contributed by atoms with Gasteiger partial charge in [-0.3, -0.25) is 0 Å². The van der Waals surface area contributed by atoms with Gasteiger partial charge in [0.05, 0.1) is 5.69 Å². The highest BCUT2D eigenvalue weighted by Gasteiger charge is 2.20. The normalized spacial score (nSPS) is 11.9. The van der Waals surface area contributed by atoms with E-state index in [1.165, 1.54) is 10.8 Å². The summed E-state index contributed by atoms with van der Waals surface area (Å²) >= 11 is 0. The molecule has 3 heterocycles. The van der Waals surface area contributed by atoms with Gasteiger partial charge in [-0.25, -0.2) is 0 Å². The quantitative estimate of drug-likeness (QED) is 0.178. The second kappa shape index (κ2) is 12.0. The van der Waals surface area contributed by atoms with Crippen molar-refractivity contribution in [2.24, 2.45) is 0 Å². The van der Waals surface area contributed by atoms with Gasteiger partial charge in [-0.05, 0) is 83.2 Å². The molecule has 0 unspecified atom stereocenters. The fourth-order valence-electron chi connectivity index (χ4n) is 8.65. The van der Waals surface area contributed by atoms with E-state index in [1.54, 1.807) is 0 Å². The van der Waals surface area contributed by atoms with Crippen molar-refractivity contribution in [1.29, 1.82) is 0 Å². The SMILES string of the molecule is c1ccc(N(c2ccc3oc4c(-c5ccc6c(c5)oc5ccc(-c7cccc8c7oc7ccccc78)cc56)cccc4c3c2)c2cccc3ccccc23)cc1. The van der Waals surface area contributed by atoms with Crippen LogP contribution in [0.5, 0.6) is 0 Å². The Morgan fingerprint density at radius 3 is 1.71 bits per heavy atom. The molecule has 0 aliphatic heterocycles. The minimum Gasteiger partial charge on any atom is -0.456 e. The van der Waals surface area contributed by atoms with Gasteiger partial charge in [0.15, 0.2) is 0 Å². The third kappa shape index (κ3) is 4.66. The second-order valence-electron chi connectivity index (χ2n) is 14.4. The highest BCUT2D eigenvalue weighted by Crippen LogP contribution is 2.44. The van der Waals surface area contributed by atoms with E-state index in [-0.39, 0.29) is 0 Å². The van der Waals surface area contributed by atoms with Gasteiger partial charge in [0.2, 0.25) is 0 Å². The van der Waals surface area contributed by atoms with Gasteiger partial charge in [-0.2, -0.15) is 0 Å². The zero-order chi connectivity index (χ0) is 36.7. The molecule has 0 fully saturated rings. The van der Waals surface area contributed by atoms with Crippen LogP contribution in [-0.2, 0) is 0 Å². The molecule has 12 rings (SSSR count). The molecule has 0 aliphatic rings. The summed E-state index contributed by atoms with van der Waals surface area (Å²) in [5, 5.41) is 8.92. The summed E-state index contributed by atoms with van der Waals surface area (Å²) in [5.41, 5.74) is 12.7. The molecular weight excluding hydrogens is 687 g/mol. The van der Waals surface area contributed by atoms with Crippen LogP contribution in [0.1, 0.15) is 0 Å². The van der Waals surface area contributed by atoms with Crippen molar-refractivity contribution in [1.82, 2.24) is 0 Å². The molecular formula is C52H31NO3. The van der Waals surface area contributed by atoms with Crippen LogP contribution in [0.3, 0.4) is 0 Å². The molecule has 0 saturated carbocycles. The third-order valence-electron chi connectivity index (χ3n) is 11.3. The summed E-state index contributed by atoms with van der Waals surface area (Å²) < 4.78 is 19.6. The summed E-state index contributed by atoms with van der Waals surface area (Å²) in [6.07, 6.45) is 0. The van der Waals surface area contributed by atoms with E-state index in [0.717, 1.165) is 105 Å². The van der Waals surface area contributed by atoms with Crippen molar-refractivity contribution in [2.45, 2.75) is 0 Å². The molecule has 0 amide bonds. The molecule has 0 spiro atoms. The number of hydrogen-bond donors (Lipinski definition) is 0. The maximum atomic E-state index is 6.69. The molecule has 56 heavy (non-hydrogen) atoms. The summed E-state index contributed by atoms with van der Waals surface area (Å²) in [6.45, 7) is 0. The fraction of sp³-hybridized carbons (Fsp3) is 0. The predicted molar refractivity (Wildman–Crippen MR) is 231 cm³/mol. The summed E-state index contributed by atoms with van der Waals surface area (Å²) in [4.78, 5) is 2.34. The van der Waals surface area contributed by atoms with Crippen molar-refractivity contribution in [3.8, 4) is 22.3 Å². The second-order valence-corrected chi connectivity index (χ2v) is 14.4. The fourth-order valence-corrected chi connectivity index (χ4v) is 8.65. The number of hydrogen-bond acceptors (Lipinski definition) is 4. The van der Waals surface area contributed by atoms with Crippen LogP contribution in [0, 0.1) is 0 Å². The van der Waals surface area contributed by atoms with Gasteiger partial charge in [0.1, 0.15) is 33.5 Å². The molecule has 3 aromatic heterocycles. The van der Waals surface area contributed by atoms with E-state index in [9.17, 15) is 0 Å². The van der Waals surface area contributed by atoms with Crippen LogP contribution >= 0.6 is 0 Å². The van der Waals surface area contributed by atoms with Gasteiger partial charge in [-0.15, -0.1) is 0 Å². The van der Waals surface area contributed by atoms with Gasteiger partial charge in [0, 0.05) is 60.2 Å². The van der Waals surface area contributed by atoms with E-state index < -0.39 is 0 Å². The molecule has 4 heteroatoms. The number of nitrogens with zero attached hydrogens (tertiary/aromatic N) is 1. The number of furan rings is 3. The molecule has 9 aromatic carbocycles. The highest BCUT2D eigenvalue weighted by molar-refractivity contribution is 6.14. The molecule has 4 nitrogen and oxygen atoms in total. The smallest absolute Gasteiger partial charge is 0.143 e. The molecule has 0 saturated heterocycles. The molecule has 0 aliphatic carbocycles. The Bertz CT molecular complexity index is 3490. The van der Waals surface area contributed by atoms with Crippen LogP contribution in [0.15, 0.2) is 201 Å². The van der Waals surface area contributed by atoms with Crippen LogP contribution in [0.25, 0.3) is 98.8 Å².